The second-order valence-corrected chi connectivity index (χ2v) is 7.94. The van der Waals surface area contributed by atoms with Gasteiger partial charge in [-0.1, -0.05) is 55.5 Å². The molecule has 0 aliphatic heterocycles. The van der Waals surface area contributed by atoms with Gasteiger partial charge in [0.1, 0.15) is 0 Å². The van der Waals surface area contributed by atoms with Crippen LogP contribution in [0.25, 0.3) is 11.3 Å². The van der Waals surface area contributed by atoms with Crippen LogP contribution in [0.1, 0.15) is 50.1 Å². The molecule has 0 N–H and O–H groups in total. The van der Waals surface area contributed by atoms with Crippen molar-refractivity contribution >= 4 is 17.0 Å². The highest BCUT2D eigenvalue weighted by Gasteiger charge is 2.19. The van der Waals surface area contributed by atoms with Gasteiger partial charge in [0.15, 0.2) is 4.80 Å². The number of benzene rings is 1. The summed E-state index contributed by atoms with van der Waals surface area (Å²) < 4.78 is 2.49. The topological polar surface area (TPSA) is 30.2 Å². The molecular weight excluding hydrogens is 338 g/mol. The summed E-state index contributed by atoms with van der Waals surface area (Å²) in [4.78, 5) is 10.2. The zero-order chi connectivity index (χ0) is 17.8. The molecule has 3 aromatic rings. The van der Waals surface area contributed by atoms with Gasteiger partial charge in [-0.15, -0.1) is 11.3 Å². The van der Waals surface area contributed by atoms with E-state index >= 15 is 0 Å². The standard InChI is InChI=1S/C22H25N3S/c1-17-10-12-18(13-11-17)21-16-26-22(24-19-7-6-14-23-15-19)25(21)20-8-4-2-3-5-9-20/h6-7,10-16,20H,2-5,8-9H2,1H3. The SMILES string of the molecule is Cc1ccc(-c2csc(=Nc3cccnc3)n2C2CCCCCC2)cc1. The van der Waals surface area contributed by atoms with Crippen LogP contribution in [-0.4, -0.2) is 9.55 Å². The number of rotatable bonds is 3. The molecular formula is C22H25N3S. The van der Waals surface area contributed by atoms with E-state index in [1.54, 1.807) is 17.5 Å². The number of hydrogen-bond donors (Lipinski definition) is 0. The Morgan fingerprint density at radius 1 is 1.04 bits per heavy atom. The third kappa shape index (κ3) is 3.80. The monoisotopic (exact) mass is 363 g/mol. The van der Waals surface area contributed by atoms with Crippen LogP contribution in [-0.2, 0) is 0 Å². The Hall–Kier alpha value is -2.20. The van der Waals surface area contributed by atoms with Gasteiger partial charge in [0.2, 0.25) is 0 Å². The van der Waals surface area contributed by atoms with Crippen molar-refractivity contribution in [1.82, 2.24) is 9.55 Å². The minimum absolute atomic E-state index is 0.537. The first kappa shape index (κ1) is 17.2. The fourth-order valence-corrected chi connectivity index (χ4v) is 4.72. The molecule has 4 rings (SSSR count). The summed E-state index contributed by atoms with van der Waals surface area (Å²) in [5.41, 5.74) is 4.80. The van der Waals surface area contributed by atoms with Crippen LogP contribution in [0.2, 0.25) is 0 Å². The lowest BCUT2D eigenvalue weighted by molar-refractivity contribution is 0.439. The van der Waals surface area contributed by atoms with E-state index in [1.165, 1.54) is 55.3 Å². The molecule has 4 heteroatoms. The molecule has 26 heavy (non-hydrogen) atoms. The predicted molar refractivity (Wildman–Crippen MR) is 109 cm³/mol. The second-order valence-electron chi connectivity index (χ2n) is 7.11. The quantitative estimate of drug-likeness (QED) is 0.521. The van der Waals surface area contributed by atoms with E-state index in [1.807, 2.05) is 18.3 Å². The second kappa shape index (κ2) is 8.00. The lowest BCUT2D eigenvalue weighted by atomic mass is 10.1. The highest BCUT2D eigenvalue weighted by Crippen LogP contribution is 2.32. The van der Waals surface area contributed by atoms with E-state index in [-0.39, 0.29) is 0 Å². The first-order valence-corrected chi connectivity index (χ1v) is 10.4. The van der Waals surface area contributed by atoms with Crippen molar-refractivity contribution in [3.63, 3.8) is 0 Å². The van der Waals surface area contributed by atoms with Crippen molar-refractivity contribution in [2.45, 2.75) is 51.5 Å². The number of nitrogens with zero attached hydrogens (tertiary/aromatic N) is 3. The smallest absolute Gasteiger partial charge is 0.190 e. The molecule has 134 valence electrons. The van der Waals surface area contributed by atoms with Gasteiger partial charge >= 0.3 is 0 Å². The average molecular weight is 364 g/mol. The molecule has 1 fully saturated rings. The number of pyridine rings is 1. The lowest BCUT2D eigenvalue weighted by Crippen LogP contribution is -2.21. The molecule has 2 aromatic heterocycles. The summed E-state index contributed by atoms with van der Waals surface area (Å²) in [7, 11) is 0. The number of thiazole rings is 1. The minimum atomic E-state index is 0.537. The van der Waals surface area contributed by atoms with Crippen molar-refractivity contribution in [1.29, 1.82) is 0 Å². The third-order valence-electron chi connectivity index (χ3n) is 5.15. The third-order valence-corrected chi connectivity index (χ3v) is 5.99. The van der Waals surface area contributed by atoms with Crippen molar-refractivity contribution in [2.24, 2.45) is 4.99 Å². The fraction of sp³-hybridized carbons (Fsp3) is 0.364. The lowest BCUT2D eigenvalue weighted by Gasteiger charge is -2.20. The van der Waals surface area contributed by atoms with Crippen LogP contribution in [0, 0.1) is 6.92 Å². The number of hydrogen-bond acceptors (Lipinski definition) is 3. The Kier molecular flexibility index (Phi) is 5.30. The highest BCUT2D eigenvalue weighted by atomic mass is 32.1. The van der Waals surface area contributed by atoms with E-state index in [0.717, 1.165) is 10.5 Å². The van der Waals surface area contributed by atoms with Crippen LogP contribution >= 0.6 is 11.3 Å². The first-order chi connectivity index (χ1) is 12.8. The van der Waals surface area contributed by atoms with Gasteiger partial charge in [0.05, 0.1) is 17.6 Å². The van der Waals surface area contributed by atoms with Gasteiger partial charge in [-0.05, 0) is 37.5 Å². The maximum atomic E-state index is 4.93. The zero-order valence-electron chi connectivity index (χ0n) is 15.3. The molecule has 1 aromatic carbocycles. The summed E-state index contributed by atoms with van der Waals surface area (Å²) >= 11 is 1.74. The molecule has 2 heterocycles. The van der Waals surface area contributed by atoms with Crippen molar-refractivity contribution in [3.05, 3.63) is 64.5 Å². The molecule has 0 spiro atoms. The summed E-state index contributed by atoms with van der Waals surface area (Å²) in [5, 5.41) is 2.27. The van der Waals surface area contributed by atoms with Gasteiger partial charge in [0, 0.05) is 17.6 Å². The average Bonchev–Trinajstić information content (AvgIpc) is 2.89. The molecule has 1 aliphatic carbocycles. The van der Waals surface area contributed by atoms with E-state index in [0.29, 0.717) is 6.04 Å². The Labute approximate surface area is 159 Å². The molecule has 1 saturated carbocycles. The summed E-state index contributed by atoms with van der Waals surface area (Å²) in [6, 6.07) is 13.4. The van der Waals surface area contributed by atoms with Gasteiger partial charge in [-0.2, -0.15) is 0 Å². The summed E-state index contributed by atoms with van der Waals surface area (Å²) in [5.74, 6) is 0. The Bertz CT molecular complexity index is 899. The predicted octanol–water partition coefficient (Wildman–Crippen LogP) is 6.05. The van der Waals surface area contributed by atoms with Gasteiger partial charge in [-0.3, -0.25) is 4.98 Å². The Balaban J connectivity index is 1.84. The van der Waals surface area contributed by atoms with E-state index in [9.17, 15) is 0 Å². The van der Waals surface area contributed by atoms with Crippen LogP contribution in [0.5, 0.6) is 0 Å². The molecule has 0 atom stereocenters. The molecule has 0 unspecified atom stereocenters. The fourth-order valence-electron chi connectivity index (χ4n) is 3.74. The van der Waals surface area contributed by atoms with Crippen LogP contribution < -0.4 is 4.80 Å². The van der Waals surface area contributed by atoms with Crippen LogP contribution in [0.3, 0.4) is 0 Å². The number of aryl methyl sites for hydroxylation is 1. The van der Waals surface area contributed by atoms with E-state index in [2.05, 4.69) is 46.1 Å². The normalized spacial score (nSPS) is 16.6. The maximum absolute atomic E-state index is 4.93. The largest absolute Gasteiger partial charge is 0.313 e. The minimum Gasteiger partial charge on any atom is -0.313 e. The molecule has 0 radical (unpaired) electrons. The molecule has 0 bridgehead atoms. The maximum Gasteiger partial charge on any atom is 0.190 e. The highest BCUT2D eigenvalue weighted by molar-refractivity contribution is 7.07. The summed E-state index contributed by atoms with van der Waals surface area (Å²) in [6.45, 7) is 2.14. The zero-order valence-corrected chi connectivity index (χ0v) is 16.1. The molecule has 1 aliphatic rings. The first-order valence-electron chi connectivity index (χ1n) is 9.53. The van der Waals surface area contributed by atoms with E-state index < -0.39 is 0 Å². The van der Waals surface area contributed by atoms with E-state index in [4.69, 9.17) is 4.99 Å². The van der Waals surface area contributed by atoms with Gasteiger partial charge in [-0.25, -0.2) is 4.99 Å². The number of aromatic nitrogens is 2. The van der Waals surface area contributed by atoms with Crippen molar-refractivity contribution in [3.8, 4) is 11.3 Å². The molecule has 0 saturated heterocycles. The van der Waals surface area contributed by atoms with Gasteiger partial charge in [0.25, 0.3) is 0 Å². The van der Waals surface area contributed by atoms with Crippen molar-refractivity contribution < 1.29 is 0 Å². The van der Waals surface area contributed by atoms with Crippen LogP contribution in [0.15, 0.2) is 59.2 Å². The Morgan fingerprint density at radius 2 is 1.81 bits per heavy atom. The van der Waals surface area contributed by atoms with Gasteiger partial charge < -0.3 is 4.57 Å². The summed E-state index contributed by atoms with van der Waals surface area (Å²) in [6.07, 6.45) is 11.5. The molecule has 0 amide bonds. The molecule has 3 nitrogen and oxygen atoms in total. The Morgan fingerprint density at radius 3 is 2.50 bits per heavy atom. The van der Waals surface area contributed by atoms with Crippen molar-refractivity contribution in [2.75, 3.05) is 0 Å². The van der Waals surface area contributed by atoms with Crippen LogP contribution in [0.4, 0.5) is 5.69 Å².